The molecule has 4 rings (SSSR count). The van der Waals surface area contributed by atoms with Gasteiger partial charge in [-0.15, -0.1) is 0 Å². The molecule has 152 valence electrons. The first-order valence-electron chi connectivity index (χ1n) is 9.58. The number of hydrogen-bond acceptors (Lipinski definition) is 5. The second-order valence-corrected chi connectivity index (χ2v) is 7.38. The number of fused-ring (bicyclic) bond motifs is 1. The van der Waals surface area contributed by atoms with E-state index in [1.807, 2.05) is 48.5 Å². The van der Waals surface area contributed by atoms with Gasteiger partial charge in [-0.1, -0.05) is 48.0 Å². The van der Waals surface area contributed by atoms with Gasteiger partial charge in [0.2, 0.25) is 0 Å². The number of aromatic hydroxyl groups is 1. The second-order valence-electron chi connectivity index (χ2n) is 6.98. The highest BCUT2D eigenvalue weighted by atomic mass is 35.5. The van der Waals surface area contributed by atoms with Crippen LogP contribution in [-0.2, 0) is 4.74 Å². The molecule has 1 aliphatic heterocycles. The number of hydrogen-bond donors (Lipinski definition) is 1. The molecule has 1 heterocycles. The van der Waals surface area contributed by atoms with Gasteiger partial charge in [-0.2, -0.15) is 0 Å². The van der Waals surface area contributed by atoms with Crippen LogP contribution >= 0.6 is 11.6 Å². The minimum Gasteiger partial charge on any atom is -0.507 e. The predicted octanol–water partition coefficient (Wildman–Crippen LogP) is 4.64. The minimum absolute atomic E-state index is 0.228. The maximum atomic E-state index is 11.2. The third-order valence-electron chi connectivity index (χ3n) is 5.43. The quantitative estimate of drug-likeness (QED) is 0.660. The number of halogens is 1. The van der Waals surface area contributed by atoms with Crippen molar-refractivity contribution in [3.05, 3.63) is 64.7 Å². The highest BCUT2D eigenvalue weighted by Gasteiger charge is 2.31. The summed E-state index contributed by atoms with van der Waals surface area (Å²) in [6.07, 6.45) is 0. The SMILES string of the molecule is COc1cccc(C(c2cc(Cl)c3ccccc3c2O)N2CCOCC2)c1OC. The Kier molecular flexibility index (Phi) is 5.81. The molecular formula is C23H24ClNO4. The van der Waals surface area contributed by atoms with Crippen molar-refractivity contribution in [2.75, 3.05) is 40.5 Å². The van der Waals surface area contributed by atoms with Crippen molar-refractivity contribution in [3.8, 4) is 17.2 Å². The van der Waals surface area contributed by atoms with Crippen molar-refractivity contribution in [2.24, 2.45) is 0 Å². The Labute approximate surface area is 175 Å². The van der Waals surface area contributed by atoms with Crippen molar-refractivity contribution >= 4 is 22.4 Å². The normalized spacial score (nSPS) is 16.0. The number of phenols is 1. The van der Waals surface area contributed by atoms with E-state index in [4.69, 9.17) is 25.8 Å². The zero-order chi connectivity index (χ0) is 20.4. The molecule has 0 radical (unpaired) electrons. The Morgan fingerprint density at radius 2 is 1.69 bits per heavy atom. The van der Waals surface area contributed by atoms with Crippen LogP contribution in [-0.4, -0.2) is 50.5 Å². The van der Waals surface area contributed by atoms with Gasteiger partial charge in [-0.05, 0) is 12.1 Å². The number of methoxy groups -OCH3 is 2. The summed E-state index contributed by atoms with van der Waals surface area (Å²) in [7, 11) is 3.25. The standard InChI is InChI=1S/C23H24ClNO4/c1-27-20-9-5-8-17(23(20)28-2)21(25-10-12-29-13-11-25)18-14-19(24)15-6-3-4-7-16(15)22(18)26/h3-9,14,21,26H,10-13H2,1-2H3. The van der Waals surface area contributed by atoms with Crippen LogP contribution in [0.15, 0.2) is 48.5 Å². The average Bonchev–Trinajstić information content (AvgIpc) is 2.77. The average molecular weight is 414 g/mol. The van der Waals surface area contributed by atoms with Crippen LogP contribution in [0.5, 0.6) is 17.2 Å². The van der Waals surface area contributed by atoms with E-state index in [9.17, 15) is 5.11 Å². The van der Waals surface area contributed by atoms with Crippen molar-refractivity contribution in [1.29, 1.82) is 0 Å². The lowest BCUT2D eigenvalue weighted by Gasteiger charge is -2.36. The molecule has 1 unspecified atom stereocenters. The van der Waals surface area contributed by atoms with Gasteiger partial charge in [-0.3, -0.25) is 4.90 Å². The largest absolute Gasteiger partial charge is 0.507 e. The number of ether oxygens (including phenoxy) is 3. The Morgan fingerprint density at radius 1 is 0.966 bits per heavy atom. The van der Waals surface area contributed by atoms with Gasteiger partial charge in [-0.25, -0.2) is 0 Å². The molecule has 0 saturated carbocycles. The Hall–Kier alpha value is -2.47. The molecule has 3 aromatic rings. The molecule has 29 heavy (non-hydrogen) atoms. The van der Waals surface area contributed by atoms with E-state index >= 15 is 0 Å². The van der Waals surface area contributed by atoms with E-state index in [2.05, 4.69) is 4.90 Å². The number of morpholine rings is 1. The number of nitrogens with zero attached hydrogens (tertiary/aromatic N) is 1. The van der Waals surface area contributed by atoms with Crippen LogP contribution in [0.1, 0.15) is 17.2 Å². The third-order valence-corrected chi connectivity index (χ3v) is 5.74. The summed E-state index contributed by atoms with van der Waals surface area (Å²) in [6, 6.07) is 15.0. The van der Waals surface area contributed by atoms with Gasteiger partial charge in [0.15, 0.2) is 11.5 Å². The van der Waals surface area contributed by atoms with Gasteiger partial charge >= 0.3 is 0 Å². The zero-order valence-electron chi connectivity index (χ0n) is 16.5. The summed E-state index contributed by atoms with van der Waals surface area (Å²) in [5, 5.41) is 13.4. The third kappa shape index (κ3) is 3.62. The molecule has 1 atom stereocenters. The van der Waals surface area contributed by atoms with Crippen molar-refractivity contribution in [2.45, 2.75) is 6.04 Å². The second kappa shape index (κ2) is 8.49. The number of benzene rings is 3. The number of para-hydroxylation sites is 1. The van der Waals surface area contributed by atoms with Crippen molar-refractivity contribution in [3.63, 3.8) is 0 Å². The van der Waals surface area contributed by atoms with Gasteiger partial charge in [0.25, 0.3) is 0 Å². The van der Waals surface area contributed by atoms with Crippen LogP contribution in [0.4, 0.5) is 0 Å². The number of phenolic OH excluding ortho intramolecular Hbond substituents is 1. The van der Waals surface area contributed by atoms with Crippen LogP contribution in [0, 0.1) is 0 Å². The molecule has 1 saturated heterocycles. The monoisotopic (exact) mass is 413 g/mol. The molecule has 0 aliphatic carbocycles. The molecule has 6 heteroatoms. The molecule has 0 spiro atoms. The molecule has 1 N–H and O–H groups in total. The minimum atomic E-state index is -0.258. The highest BCUT2D eigenvalue weighted by molar-refractivity contribution is 6.36. The summed E-state index contributed by atoms with van der Waals surface area (Å²) >= 11 is 6.63. The van der Waals surface area contributed by atoms with E-state index in [0.717, 1.165) is 35.0 Å². The maximum absolute atomic E-state index is 11.2. The van der Waals surface area contributed by atoms with Gasteiger partial charge in [0.05, 0.1) is 33.5 Å². The Morgan fingerprint density at radius 3 is 2.38 bits per heavy atom. The van der Waals surface area contributed by atoms with Crippen LogP contribution < -0.4 is 9.47 Å². The van der Waals surface area contributed by atoms with Crippen molar-refractivity contribution < 1.29 is 19.3 Å². The van der Waals surface area contributed by atoms with E-state index in [1.165, 1.54) is 0 Å². The Bertz CT molecular complexity index is 1020. The molecule has 5 nitrogen and oxygen atoms in total. The lowest BCUT2D eigenvalue weighted by Crippen LogP contribution is -2.39. The number of rotatable bonds is 5. The summed E-state index contributed by atoms with van der Waals surface area (Å²) in [4.78, 5) is 2.28. The fraction of sp³-hybridized carbons (Fsp3) is 0.304. The first kappa shape index (κ1) is 19.8. The fourth-order valence-corrected chi connectivity index (χ4v) is 4.35. The van der Waals surface area contributed by atoms with E-state index in [0.29, 0.717) is 29.7 Å². The summed E-state index contributed by atoms with van der Waals surface area (Å²) < 4.78 is 16.8. The van der Waals surface area contributed by atoms with E-state index in [-0.39, 0.29) is 11.8 Å². The molecule has 1 fully saturated rings. The maximum Gasteiger partial charge on any atom is 0.165 e. The highest BCUT2D eigenvalue weighted by Crippen LogP contribution is 2.45. The summed E-state index contributed by atoms with van der Waals surface area (Å²) in [5.41, 5.74) is 1.65. The molecule has 0 aromatic heterocycles. The van der Waals surface area contributed by atoms with Crippen molar-refractivity contribution in [1.82, 2.24) is 4.90 Å². The van der Waals surface area contributed by atoms with E-state index < -0.39 is 0 Å². The van der Waals surface area contributed by atoms with Gasteiger partial charge in [0.1, 0.15) is 5.75 Å². The topological polar surface area (TPSA) is 51.2 Å². The smallest absolute Gasteiger partial charge is 0.165 e. The molecule has 1 aliphatic rings. The van der Waals surface area contributed by atoms with Crippen LogP contribution in [0.25, 0.3) is 10.8 Å². The van der Waals surface area contributed by atoms with E-state index in [1.54, 1.807) is 14.2 Å². The fourth-order valence-electron chi connectivity index (χ4n) is 4.07. The summed E-state index contributed by atoms with van der Waals surface area (Å²) in [6.45, 7) is 2.72. The van der Waals surface area contributed by atoms with Gasteiger partial charge in [0, 0.05) is 40.0 Å². The lowest BCUT2D eigenvalue weighted by atomic mass is 9.92. The van der Waals surface area contributed by atoms with Crippen LogP contribution in [0.3, 0.4) is 0 Å². The zero-order valence-corrected chi connectivity index (χ0v) is 17.3. The molecule has 0 bridgehead atoms. The lowest BCUT2D eigenvalue weighted by molar-refractivity contribution is 0.0231. The Balaban J connectivity index is 1.96. The summed E-state index contributed by atoms with van der Waals surface area (Å²) in [5.74, 6) is 1.52. The molecule has 3 aromatic carbocycles. The first-order valence-corrected chi connectivity index (χ1v) is 9.96. The molecular weight excluding hydrogens is 390 g/mol. The van der Waals surface area contributed by atoms with Gasteiger partial charge < -0.3 is 19.3 Å². The molecule has 0 amide bonds. The predicted molar refractivity (Wildman–Crippen MR) is 114 cm³/mol. The van der Waals surface area contributed by atoms with Crippen LogP contribution in [0.2, 0.25) is 5.02 Å². The first-order chi connectivity index (χ1) is 14.2.